The Morgan fingerprint density at radius 3 is 2.67 bits per heavy atom. The van der Waals surface area contributed by atoms with Crippen molar-refractivity contribution < 1.29 is 9.13 Å². The minimum atomic E-state index is -0.277. The molecule has 140 valence electrons. The number of fused-ring (bicyclic) bond motifs is 1. The van der Waals surface area contributed by atoms with E-state index in [2.05, 4.69) is 26.7 Å². The molecule has 1 atom stereocenters. The van der Waals surface area contributed by atoms with Gasteiger partial charge >= 0.3 is 0 Å². The predicted octanol–water partition coefficient (Wildman–Crippen LogP) is 3.51. The minimum absolute atomic E-state index is 0.103. The highest BCUT2D eigenvalue weighted by molar-refractivity contribution is 5.83. The second-order valence-electron chi connectivity index (χ2n) is 6.18. The van der Waals surface area contributed by atoms with E-state index >= 15 is 0 Å². The number of benzene rings is 2. The number of hydrogen-bond acceptors (Lipinski definition) is 3. The molecule has 3 rings (SSSR count). The third-order valence-electron chi connectivity index (χ3n) is 4.09. The standard InChI is InChI=1S/C21H23FN4O/c1-15(27-19-10-8-18(22)9-11-19)13-25-21(23-2)26-14-17-6-3-5-16-7-4-12-24-20(16)17/h3-12,15H,13-14H2,1-2H3,(H2,23,25,26). The lowest BCUT2D eigenvalue weighted by Crippen LogP contribution is -2.41. The van der Waals surface area contributed by atoms with Gasteiger partial charge in [-0.3, -0.25) is 9.98 Å². The molecule has 0 amide bonds. The van der Waals surface area contributed by atoms with Crippen molar-refractivity contribution in [3.05, 3.63) is 72.2 Å². The van der Waals surface area contributed by atoms with Crippen LogP contribution in [0.1, 0.15) is 12.5 Å². The zero-order valence-electron chi connectivity index (χ0n) is 15.4. The molecule has 0 aliphatic rings. The second-order valence-corrected chi connectivity index (χ2v) is 6.18. The quantitative estimate of drug-likeness (QED) is 0.518. The number of para-hydroxylation sites is 1. The van der Waals surface area contributed by atoms with E-state index in [9.17, 15) is 4.39 Å². The van der Waals surface area contributed by atoms with Gasteiger partial charge in [0, 0.05) is 25.2 Å². The van der Waals surface area contributed by atoms with Crippen LogP contribution in [0.15, 0.2) is 65.8 Å². The molecule has 0 saturated heterocycles. The molecular formula is C21H23FN4O. The zero-order valence-corrected chi connectivity index (χ0v) is 15.4. The first kappa shape index (κ1) is 18.6. The van der Waals surface area contributed by atoms with Gasteiger partial charge in [-0.25, -0.2) is 4.39 Å². The highest BCUT2D eigenvalue weighted by Gasteiger charge is 2.07. The number of aromatic nitrogens is 1. The number of guanidine groups is 1. The van der Waals surface area contributed by atoms with E-state index in [0.29, 0.717) is 24.8 Å². The van der Waals surface area contributed by atoms with Crippen molar-refractivity contribution >= 4 is 16.9 Å². The molecule has 1 aromatic heterocycles. The average Bonchev–Trinajstić information content (AvgIpc) is 2.70. The van der Waals surface area contributed by atoms with Crippen LogP contribution < -0.4 is 15.4 Å². The van der Waals surface area contributed by atoms with E-state index in [0.717, 1.165) is 16.5 Å². The van der Waals surface area contributed by atoms with Crippen LogP contribution in [0.25, 0.3) is 10.9 Å². The predicted molar refractivity (Wildman–Crippen MR) is 106 cm³/mol. The summed E-state index contributed by atoms with van der Waals surface area (Å²) >= 11 is 0. The Morgan fingerprint density at radius 1 is 1.11 bits per heavy atom. The first-order valence-corrected chi connectivity index (χ1v) is 8.85. The molecule has 1 unspecified atom stereocenters. The Bertz CT molecular complexity index is 906. The molecule has 2 N–H and O–H groups in total. The molecule has 1 heterocycles. The fourth-order valence-electron chi connectivity index (χ4n) is 2.74. The average molecular weight is 366 g/mol. The van der Waals surface area contributed by atoms with Crippen LogP contribution in [0.2, 0.25) is 0 Å². The Kier molecular flexibility index (Phi) is 6.20. The molecule has 6 heteroatoms. The third-order valence-corrected chi connectivity index (χ3v) is 4.09. The van der Waals surface area contributed by atoms with Crippen molar-refractivity contribution in [2.45, 2.75) is 19.6 Å². The topological polar surface area (TPSA) is 58.5 Å². The van der Waals surface area contributed by atoms with Crippen molar-refractivity contribution in [3.63, 3.8) is 0 Å². The summed E-state index contributed by atoms with van der Waals surface area (Å²) in [5, 5.41) is 7.65. The molecule has 0 aliphatic carbocycles. The van der Waals surface area contributed by atoms with Gasteiger partial charge < -0.3 is 15.4 Å². The Hall–Kier alpha value is -3.15. The summed E-state index contributed by atoms with van der Waals surface area (Å²) in [7, 11) is 1.72. The SMILES string of the molecule is CN=C(NCc1cccc2cccnc12)NCC(C)Oc1ccc(F)cc1. The first-order chi connectivity index (χ1) is 13.2. The van der Waals surface area contributed by atoms with Gasteiger partial charge in [-0.1, -0.05) is 24.3 Å². The molecule has 27 heavy (non-hydrogen) atoms. The van der Waals surface area contributed by atoms with Crippen LogP contribution in [0.5, 0.6) is 5.75 Å². The van der Waals surface area contributed by atoms with Crippen LogP contribution in [-0.2, 0) is 6.54 Å². The number of aliphatic imine (C=N–C) groups is 1. The minimum Gasteiger partial charge on any atom is -0.489 e. The molecule has 0 bridgehead atoms. The van der Waals surface area contributed by atoms with Crippen LogP contribution in [0.4, 0.5) is 4.39 Å². The highest BCUT2D eigenvalue weighted by atomic mass is 19.1. The molecule has 0 fully saturated rings. The zero-order chi connectivity index (χ0) is 19.1. The summed E-state index contributed by atoms with van der Waals surface area (Å²) in [4.78, 5) is 8.71. The van der Waals surface area contributed by atoms with Crippen molar-refractivity contribution in [1.29, 1.82) is 0 Å². The van der Waals surface area contributed by atoms with Gasteiger partial charge in [-0.2, -0.15) is 0 Å². The molecule has 0 spiro atoms. The normalized spacial score (nSPS) is 12.6. The van der Waals surface area contributed by atoms with Crippen molar-refractivity contribution in [2.24, 2.45) is 4.99 Å². The van der Waals surface area contributed by atoms with Gasteiger partial charge in [-0.15, -0.1) is 0 Å². The molecule has 5 nitrogen and oxygen atoms in total. The first-order valence-electron chi connectivity index (χ1n) is 8.85. The summed E-state index contributed by atoms with van der Waals surface area (Å²) in [6.07, 6.45) is 1.70. The fourth-order valence-corrected chi connectivity index (χ4v) is 2.74. The van der Waals surface area contributed by atoms with Crippen LogP contribution in [0.3, 0.4) is 0 Å². The van der Waals surface area contributed by atoms with Gasteiger partial charge in [0.05, 0.1) is 12.1 Å². The van der Waals surface area contributed by atoms with E-state index in [4.69, 9.17) is 4.74 Å². The van der Waals surface area contributed by atoms with Gasteiger partial charge in [0.15, 0.2) is 5.96 Å². The lowest BCUT2D eigenvalue weighted by molar-refractivity contribution is 0.223. The second kappa shape index (κ2) is 8.98. The monoisotopic (exact) mass is 366 g/mol. The van der Waals surface area contributed by atoms with E-state index in [1.165, 1.54) is 12.1 Å². The van der Waals surface area contributed by atoms with E-state index in [-0.39, 0.29) is 11.9 Å². The summed E-state index contributed by atoms with van der Waals surface area (Å²) < 4.78 is 18.7. The number of halogens is 1. The maximum absolute atomic E-state index is 12.9. The summed E-state index contributed by atoms with van der Waals surface area (Å²) in [5.74, 6) is 1.04. The number of hydrogen-bond donors (Lipinski definition) is 2. The van der Waals surface area contributed by atoms with Crippen molar-refractivity contribution in [3.8, 4) is 5.75 Å². The smallest absolute Gasteiger partial charge is 0.191 e. The Morgan fingerprint density at radius 2 is 1.89 bits per heavy atom. The van der Waals surface area contributed by atoms with Gasteiger partial charge in [0.2, 0.25) is 0 Å². The van der Waals surface area contributed by atoms with Crippen LogP contribution in [-0.4, -0.2) is 30.6 Å². The number of ether oxygens (including phenoxy) is 1. The van der Waals surface area contributed by atoms with Gasteiger partial charge in [0.1, 0.15) is 17.7 Å². The largest absolute Gasteiger partial charge is 0.489 e. The van der Waals surface area contributed by atoms with E-state index < -0.39 is 0 Å². The Labute approximate surface area is 158 Å². The summed E-state index contributed by atoms with van der Waals surface area (Å²) in [6.45, 7) is 3.12. The molecule has 0 radical (unpaired) electrons. The van der Waals surface area contributed by atoms with Gasteiger partial charge in [0.25, 0.3) is 0 Å². The molecule has 3 aromatic rings. The van der Waals surface area contributed by atoms with E-state index in [1.54, 1.807) is 25.4 Å². The number of nitrogens with zero attached hydrogens (tertiary/aromatic N) is 2. The summed E-state index contributed by atoms with van der Waals surface area (Å²) in [5.41, 5.74) is 2.09. The lowest BCUT2D eigenvalue weighted by Gasteiger charge is -2.18. The Balaban J connectivity index is 1.52. The fraction of sp³-hybridized carbons (Fsp3) is 0.238. The number of nitrogens with one attached hydrogen (secondary N) is 2. The molecule has 0 aliphatic heterocycles. The lowest BCUT2D eigenvalue weighted by atomic mass is 10.1. The van der Waals surface area contributed by atoms with Crippen LogP contribution >= 0.6 is 0 Å². The molecular weight excluding hydrogens is 343 g/mol. The van der Waals surface area contributed by atoms with Crippen molar-refractivity contribution in [2.75, 3.05) is 13.6 Å². The maximum Gasteiger partial charge on any atom is 0.191 e. The van der Waals surface area contributed by atoms with Crippen molar-refractivity contribution in [1.82, 2.24) is 15.6 Å². The molecule has 2 aromatic carbocycles. The third kappa shape index (κ3) is 5.17. The molecule has 0 saturated carbocycles. The van der Waals surface area contributed by atoms with E-state index in [1.807, 2.05) is 31.2 Å². The van der Waals surface area contributed by atoms with Gasteiger partial charge in [-0.05, 0) is 42.8 Å². The number of rotatable bonds is 6. The summed E-state index contributed by atoms with van der Waals surface area (Å²) in [6, 6.07) is 16.1. The number of pyridine rings is 1. The highest BCUT2D eigenvalue weighted by Crippen LogP contribution is 2.15. The van der Waals surface area contributed by atoms with Crippen LogP contribution in [0, 0.1) is 5.82 Å². The maximum atomic E-state index is 12.9.